The number of benzene rings is 2. The first-order valence-corrected chi connectivity index (χ1v) is 8.57. The van der Waals surface area contributed by atoms with Gasteiger partial charge in [-0.25, -0.2) is 4.79 Å². The van der Waals surface area contributed by atoms with Crippen molar-refractivity contribution in [2.24, 2.45) is 0 Å². The van der Waals surface area contributed by atoms with E-state index >= 15 is 0 Å². The van der Waals surface area contributed by atoms with Crippen LogP contribution in [0.25, 0.3) is 6.08 Å². The molecule has 6 nitrogen and oxygen atoms in total. The van der Waals surface area contributed by atoms with Crippen LogP contribution in [0, 0.1) is 0 Å². The van der Waals surface area contributed by atoms with Gasteiger partial charge in [0.25, 0.3) is 5.91 Å². The fourth-order valence-corrected chi connectivity index (χ4v) is 2.49. The summed E-state index contributed by atoms with van der Waals surface area (Å²) in [4.78, 5) is 35.5. The van der Waals surface area contributed by atoms with Gasteiger partial charge < -0.3 is 15.4 Å². The van der Waals surface area contributed by atoms with Crippen LogP contribution in [0.4, 0.5) is 5.69 Å². The zero-order valence-electron chi connectivity index (χ0n) is 14.3. The normalized spacial score (nSPS) is 10.9. The van der Waals surface area contributed by atoms with Gasteiger partial charge >= 0.3 is 5.97 Å². The monoisotopic (exact) mass is 406 g/mol. The number of anilines is 1. The summed E-state index contributed by atoms with van der Waals surface area (Å²) < 4.78 is 4.97. The molecule has 0 atom stereocenters. The maximum Gasteiger partial charge on any atom is 0.355 e. The van der Waals surface area contributed by atoms with E-state index in [1.54, 1.807) is 30.3 Å². The molecule has 140 valence electrons. The second-order valence-corrected chi connectivity index (χ2v) is 6.24. The van der Waals surface area contributed by atoms with Gasteiger partial charge in [-0.2, -0.15) is 0 Å². The second-order valence-electron chi connectivity index (χ2n) is 5.40. The predicted octanol–water partition coefficient (Wildman–Crippen LogP) is 3.65. The van der Waals surface area contributed by atoms with Gasteiger partial charge in [-0.15, -0.1) is 0 Å². The summed E-state index contributed by atoms with van der Waals surface area (Å²) in [5.41, 5.74) is 0.950. The number of hydrogen-bond donors (Lipinski definition) is 2. The largest absolute Gasteiger partial charge is 0.451 e. The molecule has 0 bridgehead atoms. The third kappa shape index (κ3) is 6.77. The van der Waals surface area contributed by atoms with Gasteiger partial charge in [0.1, 0.15) is 5.70 Å². The summed E-state index contributed by atoms with van der Waals surface area (Å²) in [5.74, 6) is -1.87. The third-order valence-corrected chi connectivity index (χ3v) is 3.73. The molecule has 0 fully saturated rings. The first-order chi connectivity index (χ1) is 12.8. The molecule has 0 aliphatic rings. The molecule has 2 amide bonds. The number of esters is 1. The third-order valence-electron chi connectivity index (χ3n) is 3.18. The van der Waals surface area contributed by atoms with Crippen LogP contribution >= 0.6 is 23.2 Å². The van der Waals surface area contributed by atoms with Crippen LogP contribution in [-0.4, -0.2) is 24.4 Å². The fourth-order valence-electron chi connectivity index (χ4n) is 2.04. The topological polar surface area (TPSA) is 84.5 Å². The van der Waals surface area contributed by atoms with Crippen LogP contribution in [-0.2, 0) is 19.1 Å². The van der Waals surface area contributed by atoms with E-state index in [4.69, 9.17) is 27.9 Å². The summed E-state index contributed by atoms with van der Waals surface area (Å²) >= 11 is 11.8. The molecule has 27 heavy (non-hydrogen) atoms. The molecule has 0 saturated carbocycles. The molecule has 0 unspecified atom stereocenters. The van der Waals surface area contributed by atoms with Gasteiger partial charge in [0.05, 0.1) is 10.7 Å². The number of rotatable bonds is 6. The minimum Gasteiger partial charge on any atom is -0.451 e. The predicted molar refractivity (Wildman–Crippen MR) is 104 cm³/mol. The van der Waals surface area contributed by atoms with Crippen LogP contribution in [0.2, 0.25) is 10.0 Å². The summed E-state index contributed by atoms with van der Waals surface area (Å²) in [7, 11) is 0. The Morgan fingerprint density at radius 3 is 2.41 bits per heavy atom. The van der Waals surface area contributed by atoms with Gasteiger partial charge in [0, 0.05) is 11.9 Å². The van der Waals surface area contributed by atoms with Crippen molar-refractivity contribution in [3.05, 3.63) is 69.8 Å². The Morgan fingerprint density at radius 1 is 1.07 bits per heavy atom. The SMILES string of the molecule is CC(=O)N/C(=C/c1ccccc1)C(=O)OCC(=O)Nc1ccc(Cl)cc1Cl. The van der Waals surface area contributed by atoms with Crippen molar-refractivity contribution >= 4 is 52.7 Å². The number of halogens is 2. The van der Waals surface area contributed by atoms with E-state index in [0.717, 1.165) is 0 Å². The van der Waals surface area contributed by atoms with E-state index in [0.29, 0.717) is 16.3 Å². The Balaban J connectivity index is 2.01. The lowest BCUT2D eigenvalue weighted by atomic mass is 10.2. The lowest BCUT2D eigenvalue weighted by molar-refractivity contribution is -0.144. The minimum absolute atomic E-state index is 0.0778. The Kier molecular flexibility index (Phi) is 7.40. The average molecular weight is 407 g/mol. The molecule has 2 rings (SSSR count). The molecule has 0 saturated heterocycles. The highest BCUT2D eigenvalue weighted by atomic mass is 35.5. The molecule has 8 heteroatoms. The number of nitrogens with one attached hydrogen (secondary N) is 2. The Labute approximate surface area is 166 Å². The molecule has 0 spiro atoms. The van der Waals surface area contributed by atoms with E-state index in [1.165, 1.54) is 25.1 Å². The van der Waals surface area contributed by atoms with E-state index in [2.05, 4.69) is 10.6 Å². The van der Waals surface area contributed by atoms with Gasteiger partial charge in [0.2, 0.25) is 5.91 Å². The van der Waals surface area contributed by atoms with Crippen LogP contribution in [0.1, 0.15) is 12.5 Å². The van der Waals surface area contributed by atoms with E-state index in [9.17, 15) is 14.4 Å². The first-order valence-electron chi connectivity index (χ1n) is 7.81. The van der Waals surface area contributed by atoms with E-state index in [1.807, 2.05) is 6.07 Å². The van der Waals surface area contributed by atoms with Crippen molar-refractivity contribution in [1.29, 1.82) is 0 Å². The minimum atomic E-state index is -0.841. The highest BCUT2D eigenvalue weighted by Crippen LogP contribution is 2.25. The number of carbonyl (C=O) groups excluding carboxylic acids is 3. The standard InChI is InChI=1S/C19H16Cl2N2O4/c1-12(24)22-17(9-13-5-3-2-4-6-13)19(26)27-11-18(25)23-16-8-7-14(20)10-15(16)21/h2-10H,11H2,1H3,(H,22,24)(H,23,25)/b17-9+. The van der Waals surface area contributed by atoms with Crippen LogP contribution in [0.3, 0.4) is 0 Å². The number of amides is 2. The first kappa shape index (κ1) is 20.5. The Hall–Kier alpha value is -2.83. The van der Waals surface area contributed by atoms with Gasteiger partial charge in [-0.05, 0) is 29.8 Å². The molecule has 0 aliphatic carbocycles. The fraction of sp³-hybridized carbons (Fsp3) is 0.105. The lowest BCUT2D eigenvalue weighted by Gasteiger charge is -2.10. The molecule has 0 aliphatic heterocycles. The highest BCUT2D eigenvalue weighted by Gasteiger charge is 2.15. The molecule has 2 N–H and O–H groups in total. The van der Waals surface area contributed by atoms with Crippen LogP contribution < -0.4 is 10.6 Å². The van der Waals surface area contributed by atoms with Gasteiger partial charge in [-0.1, -0.05) is 53.5 Å². The molecule has 0 heterocycles. The summed E-state index contributed by atoms with van der Waals surface area (Å²) in [6.45, 7) is 0.713. The second kappa shape index (κ2) is 9.75. The summed E-state index contributed by atoms with van der Waals surface area (Å²) in [5, 5.41) is 5.59. The Bertz CT molecular complexity index is 883. The molecule has 0 aromatic heterocycles. The van der Waals surface area contributed by atoms with Crippen LogP contribution in [0.5, 0.6) is 0 Å². The van der Waals surface area contributed by atoms with Crippen molar-refractivity contribution in [2.75, 3.05) is 11.9 Å². The molecule has 2 aromatic carbocycles. The lowest BCUT2D eigenvalue weighted by Crippen LogP contribution is -2.28. The van der Waals surface area contributed by atoms with E-state index < -0.39 is 24.4 Å². The number of carbonyl (C=O) groups is 3. The van der Waals surface area contributed by atoms with E-state index in [-0.39, 0.29) is 10.7 Å². The number of hydrogen-bond acceptors (Lipinski definition) is 4. The zero-order valence-corrected chi connectivity index (χ0v) is 15.8. The molecule has 2 aromatic rings. The smallest absolute Gasteiger partial charge is 0.355 e. The van der Waals surface area contributed by atoms with Crippen molar-refractivity contribution in [1.82, 2.24) is 5.32 Å². The molecular weight excluding hydrogens is 391 g/mol. The summed E-state index contributed by atoms with van der Waals surface area (Å²) in [6, 6.07) is 13.5. The highest BCUT2D eigenvalue weighted by molar-refractivity contribution is 6.36. The average Bonchev–Trinajstić information content (AvgIpc) is 2.62. The zero-order chi connectivity index (χ0) is 19.8. The summed E-state index contributed by atoms with van der Waals surface area (Å²) in [6.07, 6.45) is 1.46. The maximum absolute atomic E-state index is 12.2. The molecule has 0 radical (unpaired) electrons. The van der Waals surface area contributed by atoms with Gasteiger partial charge in [0.15, 0.2) is 6.61 Å². The van der Waals surface area contributed by atoms with Crippen molar-refractivity contribution in [3.8, 4) is 0 Å². The van der Waals surface area contributed by atoms with Crippen LogP contribution in [0.15, 0.2) is 54.2 Å². The quantitative estimate of drug-likeness (QED) is 0.566. The van der Waals surface area contributed by atoms with Crippen molar-refractivity contribution in [3.63, 3.8) is 0 Å². The maximum atomic E-state index is 12.2. The van der Waals surface area contributed by atoms with Crippen molar-refractivity contribution in [2.45, 2.75) is 6.92 Å². The molecular formula is C19H16Cl2N2O4. The number of ether oxygens (including phenoxy) is 1. The van der Waals surface area contributed by atoms with Crippen molar-refractivity contribution < 1.29 is 19.1 Å². The van der Waals surface area contributed by atoms with Gasteiger partial charge in [-0.3, -0.25) is 9.59 Å². The Morgan fingerprint density at radius 2 is 1.78 bits per heavy atom.